The van der Waals surface area contributed by atoms with Gasteiger partial charge in [-0.3, -0.25) is 0 Å². The molecule has 0 bridgehead atoms. The van der Waals surface area contributed by atoms with Crippen LogP contribution in [0.25, 0.3) is 12.3 Å². The fourth-order valence-electron chi connectivity index (χ4n) is 3.27. The lowest BCUT2D eigenvalue weighted by molar-refractivity contribution is 0.675. The number of nitrogens with zero attached hydrogens (tertiary/aromatic N) is 1. The SMILES string of the molecule is C1=c2[nH]c3c(c2=CCN1c1ccccc1)CCCC3. The van der Waals surface area contributed by atoms with E-state index in [1.807, 2.05) is 0 Å². The summed E-state index contributed by atoms with van der Waals surface area (Å²) in [6.07, 6.45) is 9.78. The van der Waals surface area contributed by atoms with E-state index in [9.17, 15) is 0 Å². The second kappa shape index (κ2) is 4.30. The number of aryl methyl sites for hydroxylation is 1. The Bertz CT molecular complexity index is 710. The molecule has 1 aromatic heterocycles. The molecule has 0 atom stereocenters. The Morgan fingerprint density at radius 3 is 2.74 bits per heavy atom. The Hall–Kier alpha value is -1.96. The van der Waals surface area contributed by atoms with Crippen LogP contribution in [0.5, 0.6) is 0 Å². The summed E-state index contributed by atoms with van der Waals surface area (Å²) in [6.45, 7) is 0.974. The van der Waals surface area contributed by atoms with Crippen LogP contribution in [-0.2, 0) is 12.8 Å². The van der Waals surface area contributed by atoms with Gasteiger partial charge in [-0.15, -0.1) is 0 Å². The molecule has 0 saturated heterocycles. The minimum atomic E-state index is 0.974. The molecule has 0 saturated carbocycles. The first-order valence-electron chi connectivity index (χ1n) is 7.15. The zero-order chi connectivity index (χ0) is 12.7. The molecule has 96 valence electrons. The highest BCUT2D eigenvalue weighted by Gasteiger charge is 2.15. The molecule has 1 aliphatic heterocycles. The van der Waals surface area contributed by atoms with Crippen LogP contribution in [0, 0.1) is 0 Å². The summed E-state index contributed by atoms with van der Waals surface area (Å²) >= 11 is 0. The molecule has 1 aliphatic carbocycles. The minimum absolute atomic E-state index is 0.974. The van der Waals surface area contributed by atoms with Gasteiger partial charge in [-0.05, 0) is 43.4 Å². The molecule has 0 unspecified atom stereocenters. The summed E-state index contributed by atoms with van der Waals surface area (Å²) in [5, 5.41) is 2.75. The highest BCUT2D eigenvalue weighted by Crippen LogP contribution is 2.17. The van der Waals surface area contributed by atoms with Gasteiger partial charge < -0.3 is 9.88 Å². The van der Waals surface area contributed by atoms with Gasteiger partial charge in [-0.1, -0.05) is 24.3 Å². The monoisotopic (exact) mass is 250 g/mol. The highest BCUT2D eigenvalue weighted by molar-refractivity contribution is 5.63. The standard InChI is InChI=1S/C17H18N2/c1-2-6-13(7-3-1)19-11-10-15-14-8-4-5-9-16(14)18-17(15)12-19/h1-3,6-7,10,12,18H,4-5,8-9,11H2. The molecule has 4 rings (SSSR count). The molecule has 2 aromatic rings. The predicted octanol–water partition coefficient (Wildman–Crippen LogP) is 1.93. The molecule has 2 heteroatoms. The molecule has 0 fully saturated rings. The van der Waals surface area contributed by atoms with Crippen molar-refractivity contribution in [2.75, 3.05) is 11.4 Å². The third kappa shape index (κ3) is 1.79. The fraction of sp³-hybridized carbons (Fsp3) is 0.294. The van der Waals surface area contributed by atoms with Crippen molar-refractivity contribution in [1.82, 2.24) is 4.98 Å². The number of hydrogen-bond acceptors (Lipinski definition) is 1. The average molecular weight is 250 g/mol. The van der Waals surface area contributed by atoms with Crippen molar-refractivity contribution in [1.29, 1.82) is 0 Å². The smallest absolute Gasteiger partial charge is 0.0621 e. The van der Waals surface area contributed by atoms with Crippen LogP contribution in [-0.4, -0.2) is 11.5 Å². The summed E-state index contributed by atoms with van der Waals surface area (Å²) in [7, 11) is 0. The Balaban J connectivity index is 1.81. The van der Waals surface area contributed by atoms with Crippen molar-refractivity contribution >= 4 is 18.0 Å². The summed E-state index contributed by atoms with van der Waals surface area (Å²) in [5.74, 6) is 0. The van der Waals surface area contributed by atoms with Gasteiger partial charge >= 0.3 is 0 Å². The van der Waals surface area contributed by atoms with Crippen molar-refractivity contribution in [2.45, 2.75) is 25.7 Å². The van der Waals surface area contributed by atoms with E-state index in [4.69, 9.17) is 0 Å². The molecular weight excluding hydrogens is 232 g/mol. The molecule has 1 N–H and O–H groups in total. The summed E-state index contributed by atoms with van der Waals surface area (Å²) in [5.41, 5.74) is 4.31. The Morgan fingerprint density at radius 1 is 1.00 bits per heavy atom. The van der Waals surface area contributed by atoms with E-state index in [-0.39, 0.29) is 0 Å². The fourth-order valence-corrected chi connectivity index (χ4v) is 3.27. The topological polar surface area (TPSA) is 19.0 Å². The number of para-hydroxylation sites is 1. The van der Waals surface area contributed by atoms with Crippen LogP contribution in [0.1, 0.15) is 24.1 Å². The number of anilines is 1. The number of rotatable bonds is 1. The van der Waals surface area contributed by atoms with E-state index in [2.05, 4.69) is 52.5 Å². The van der Waals surface area contributed by atoms with Crippen molar-refractivity contribution in [3.8, 4) is 0 Å². The van der Waals surface area contributed by atoms with E-state index < -0.39 is 0 Å². The van der Waals surface area contributed by atoms with Crippen molar-refractivity contribution in [2.24, 2.45) is 0 Å². The molecule has 2 aliphatic rings. The van der Waals surface area contributed by atoms with Crippen LogP contribution in [0.3, 0.4) is 0 Å². The lowest BCUT2D eigenvalue weighted by atomic mass is 9.96. The number of hydrogen-bond donors (Lipinski definition) is 1. The number of fused-ring (bicyclic) bond motifs is 3. The summed E-state index contributed by atoms with van der Waals surface area (Å²) in [6, 6.07) is 10.6. The van der Waals surface area contributed by atoms with E-state index in [1.54, 1.807) is 5.56 Å². The number of nitrogens with one attached hydrogen (secondary N) is 1. The van der Waals surface area contributed by atoms with Gasteiger partial charge in [0, 0.05) is 29.3 Å². The number of aromatic nitrogens is 1. The Labute approximate surface area is 113 Å². The number of aromatic amines is 1. The second-order valence-electron chi connectivity index (χ2n) is 5.44. The maximum absolute atomic E-state index is 3.63. The van der Waals surface area contributed by atoms with E-state index in [0.29, 0.717) is 0 Å². The third-order valence-corrected chi connectivity index (χ3v) is 4.23. The maximum atomic E-state index is 3.63. The minimum Gasteiger partial charge on any atom is -0.357 e. The van der Waals surface area contributed by atoms with Gasteiger partial charge in [0.25, 0.3) is 0 Å². The van der Waals surface area contributed by atoms with Gasteiger partial charge in [0.1, 0.15) is 0 Å². The average Bonchev–Trinajstić information content (AvgIpc) is 2.86. The van der Waals surface area contributed by atoms with Crippen LogP contribution < -0.4 is 15.5 Å². The van der Waals surface area contributed by atoms with Crippen LogP contribution >= 0.6 is 0 Å². The summed E-state index contributed by atoms with van der Waals surface area (Å²) < 4.78 is 0. The molecule has 1 aromatic carbocycles. The van der Waals surface area contributed by atoms with E-state index >= 15 is 0 Å². The third-order valence-electron chi connectivity index (χ3n) is 4.23. The maximum Gasteiger partial charge on any atom is 0.0621 e. The first-order chi connectivity index (χ1) is 9.42. The van der Waals surface area contributed by atoms with E-state index in [0.717, 1.165) is 6.54 Å². The largest absolute Gasteiger partial charge is 0.357 e. The van der Waals surface area contributed by atoms with Gasteiger partial charge in [-0.25, -0.2) is 0 Å². The van der Waals surface area contributed by atoms with Gasteiger partial charge in [0.2, 0.25) is 0 Å². The van der Waals surface area contributed by atoms with Crippen molar-refractivity contribution < 1.29 is 0 Å². The van der Waals surface area contributed by atoms with Crippen molar-refractivity contribution in [3.63, 3.8) is 0 Å². The first-order valence-corrected chi connectivity index (χ1v) is 7.15. The lowest BCUT2D eigenvalue weighted by Crippen LogP contribution is -2.36. The Morgan fingerprint density at radius 2 is 1.84 bits per heavy atom. The molecule has 0 spiro atoms. The Kier molecular flexibility index (Phi) is 2.47. The molecule has 0 amide bonds. The highest BCUT2D eigenvalue weighted by atomic mass is 15.1. The zero-order valence-electron chi connectivity index (χ0n) is 11.0. The molecule has 19 heavy (non-hydrogen) atoms. The number of H-pyrrole nitrogens is 1. The lowest BCUT2D eigenvalue weighted by Gasteiger charge is -2.20. The number of benzene rings is 1. The second-order valence-corrected chi connectivity index (χ2v) is 5.44. The quantitative estimate of drug-likeness (QED) is 0.819. The van der Waals surface area contributed by atoms with Crippen molar-refractivity contribution in [3.05, 3.63) is 52.2 Å². The molecule has 2 nitrogen and oxygen atoms in total. The van der Waals surface area contributed by atoms with Gasteiger partial charge in [0.15, 0.2) is 0 Å². The van der Waals surface area contributed by atoms with Gasteiger partial charge in [0.05, 0.1) is 5.35 Å². The normalized spacial score (nSPS) is 17.2. The molecule has 0 radical (unpaired) electrons. The van der Waals surface area contributed by atoms with Crippen LogP contribution in [0.15, 0.2) is 30.3 Å². The summed E-state index contributed by atoms with van der Waals surface area (Å²) in [4.78, 5) is 5.94. The zero-order valence-corrected chi connectivity index (χ0v) is 11.0. The molecule has 2 heterocycles. The van der Waals surface area contributed by atoms with Crippen LogP contribution in [0.4, 0.5) is 5.69 Å². The first kappa shape index (κ1) is 10.9. The van der Waals surface area contributed by atoms with Gasteiger partial charge in [-0.2, -0.15) is 0 Å². The van der Waals surface area contributed by atoms with Crippen LogP contribution in [0.2, 0.25) is 0 Å². The van der Waals surface area contributed by atoms with E-state index in [1.165, 1.54) is 47.6 Å². The predicted molar refractivity (Wildman–Crippen MR) is 79.4 cm³/mol. The molecular formula is C17H18N2.